The van der Waals surface area contributed by atoms with Crippen molar-refractivity contribution >= 4 is 17.7 Å². The van der Waals surface area contributed by atoms with Crippen molar-refractivity contribution in [2.75, 3.05) is 5.75 Å². The number of rotatable bonds is 4. The lowest BCUT2D eigenvalue weighted by Crippen LogP contribution is -2.11. The first-order valence-electron chi connectivity index (χ1n) is 4.01. The predicted molar refractivity (Wildman–Crippen MR) is 51.0 cm³/mol. The second kappa shape index (κ2) is 4.37. The predicted octanol–water partition coefficient (Wildman–Crippen LogP) is 2.40. The topological polar surface area (TPSA) is 50.4 Å². The Morgan fingerprint density at radius 2 is 2.46 bits per heavy atom. The summed E-state index contributed by atoms with van der Waals surface area (Å²) in [5.74, 6) is 0.353. The summed E-state index contributed by atoms with van der Waals surface area (Å²) in [4.78, 5) is 11.5. The molecule has 0 radical (unpaired) electrons. The van der Waals surface area contributed by atoms with E-state index in [1.54, 1.807) is 13.2 Å². The monoisotopic (exact) mass is 200 g/mol. The largest absolute Gasteiger partial charge is 0.481 e. The lowest BCUT2D eigenvalue weighted by atomic mass is 10.2. The molecule has 0 aliphatic carbocycles. The minimum atomic E-state index is -0.756. The van der Waals surface area contributed by atoms with Crippen molar-refractivity contribution in [3.05, 3.63) is 18.1 Å². The number of aliphatic carboxylic acids is 1. The number of hydrogen-bond acceptors (Lipinski definition) is 3. The number of furan rings is 1. The highest BCUT2D eigenvalue weighted by atomic mass is 32.2. The molecule has 1 N–H and O–H groups in total. The zero-order valence-corrected chi connectivity index (χ0v) is 8.43. The van der Waals surface area contributed by atoms with E-state index in [9.17, 15) is 4.79 Å². The van der Waals surface area contributed by atoms with Crippen molar-refractivity contribution < 1.29 is 14.3 Å². The van der Waals surface area contributed by atoms with Crippen LogP contribution in [0.2, 0.25) is 0 Å². The van der Waals surface area contributed by atoms with Crippen LogP contribution in [0.5, 0.6) is 0 Å². The number of carboxylic acid groups (broad SMARTS) is 1. The normalized spacial score (nSPS) is 12.8. The standard InChI is InChI=1S/C9H12O3S/c1-6(9(10)11)5-13-8-3-4-12-7(8)2/h3-4,6H,5H2,1-2H3,(H,10,11). The summed E-state index contributed by atoms with van der Waals surface area (Å²) in [6.07, 6.45) is 1.61. The third-order valence-corrected chi connectivity index (χ3v) is 3.12. The van der Waals surface area contributed by atoms with Crippen molar-refractivity contribution in [1.29, 1.82) is 0 Å². The van der Waals surface area contributed by atoms with Crippen LogP contribution in [0.3, 0.4) is 0 Å². The first-order valence-corrected chi connectivity index (χ1v) is 4.99. The maximum atomic E-state index is 10.5. The van der Waals surface area contributed by atoms with E-state index in [-0.39, 0.29) is 5.92 Å². The molecule has 1 heterocycles. The van der Waals surface area contributed by atoms with Crippen LogP contribution < -0.4 is 0 Å². The van der Waals surface area contributed by atoms with Crippen LogP contribution in [0.25, 0.3) is 0 Å². The molecule has 3 nitrogen and oxygen atoms in total. The minimum Gasteiger partial charge on any atom is -0.481 e. The van der Waals surface area contributed by atoms with Crippen molar-refractivity contribution in [3.8, 4) is 0 Å². The second-order valence-electron chi connectivity index (χ2n) is 2.89. The molecule has 0 amide bonds. The van der Waals surface area contributed by atoms with Crippen LogP contribution in [0.15, 0.2) is 21.6 Å². The van der Waals surface area contributed by atoms with Gasteiger partial charge in [-0.3, -0.25) is 4.79 Å². The molecule has 0 aliphatic rings. The molecule has 13 heavy (non-hydrogen) atoms. The number of carboxylic acids is 1. The lowest BCUT2D eigenvalue weighted by molar-refractivity contribution is -0.140. The number of hydrogen-bond donors (Lipinski definition) is 1. The van der Waals surface area contributed by atoms with Gasteiger partial charge in [0.05, 0.1) is 12.2 Å². The highest BCUT2D eigenvalue weighted by Gasteiger charge is 2.12. The Kier molecular flexibility index (Phi) is 3.42. The smallest absolute Gasteiger partial charge is 0.307 e. The highest BCUT2D eigenvalue weighted by Crippen LogP contribution is 2.24. The van der Waals surface area contributed by atoms with Gasteiger partial charge in [0.25, 0.3) is 0 Å². The lowest BCUT2D eigenvalue weighted by Gasteiger charge is -2.03. The molecular formula is C9H12O3S. The average Bonchev–Trinajstić information content (AvgIpc) is 2.47. The molecule has 0 aliphatic heterocycles. The molecule has 0 aromatic carbocycles. The Morgan fingerprint density at radius 1 is 1.77 bits per heavy atom. The summed E-state index contributed by atoms with van der Waals surface area (Å²) in [6, 6.07) is 1.86. The Morgan fingerprint density at radius 3 is 2.92 bits per heavy atom. The van der Waals surface area contributed by atoms with Gasteiger partial charge in [0, 0.05) is 10.6 Å². The maximum absolute atomic E-state index is 10.5. The molecule has 0 saturated carbocycles. The highest BCUT2D eigenvalue weighted by molar-refractivity contribution is 7.99. The SMILES string of the molecule is Cc1occc1SCC(C)C(=O)O. The van der Waals surface area contributed by atoms with Crippen LogP contribution >= 0.6 is 11.8 Å². The Bertz CT molecular complexity index is 293. The molecule has 1 unspecified atom stereocenters. The quantitative estimate of drug-likeness (QED) is 0.758. The molecule has 0 fully saturated rings. The molecule has 72 valence electrons. The molecule has 1 rings (SSSR count). The van der Waals surface area contributed by atoms with Crippen molar-refractivity contribution in [2.45, 2.75) is 18.7 Å². The summed E-state index contributed by atoms with van der Waals surface area (Å²) in [5, 5.41) is 8.64. The van der Waals surface area contributed by atoms with Crippen LogP contribution in [-0.4, -0.2) is 16.8 Å². The number of carbonyl (C=O) groups is 1. The van der Waals surface area contributed by atoms with Crippen LogP contribution in [0, 0.1) is 12.8 Å². The van der Waals surface area contributed by atoms with Crippen LogP contribution in [0.4, 0.5) is 0 Å². The number of aryl methyl sites for hydroxylation is 1. The fourth-order valence-corrected chi connectivity index (χ4v) is 1.78. The third kappa shape index (κ3) is 2.81. The van der Waals surface area contributed by atoms with Gasteiger partial charge in [-0.15, -0.1) is 11.8 Å². The Labute approximate surface area is 81.1 Å². The Hall–Kier alpha value is -0.900. The van der Waals surface area contributed by atoms with E-state index in [4.69, 9.17) is 9.52 Å². The van der Waals surface area contributed by atoms with Gasteiger partial charge in [0.2, 0.25) is 0 Å². The van der Waals surface area contributed by atoms with E-state index in [1.807, 2.05) is 13.0 Å². The first-order chi connectivity index (χ1) is 6.11. The van der Waals surface area contributed by atoms with E-state index in [2.05, 4.69) is 0 Å². The molecule has 0 spiro atoms. The molecule has 1 aromatic heterocycles. The summed E-state index contributed by atoms with van der Waals surface area (Å²) >= 11 is 1.52. The summed E-state index contributed by atoms with van der Waals surface area (Å²) < 4.78 is 5.09. The van der Waals surface area contributed by atoms with Gasteiger partial charge in [-0.2, -0.15) is 0 Å². The fraction of sp³-hybridized carbons (Fsp3) is 0.444. The summed E-state index contributed by atoms with van der Waals surface area (Å²) in [7, 11) is 0. The van der Waals surface area contributed by atoms with Gasteiger partial charge in [0.15, 0.2) is 0 Å². The van der Waals surface area contributed by atoms with E-state index >= 15 is 0 Å². The number of thioether (sulfide) groups is 1. The van der Waals surface area contributed by atoms with Crippen LogP contribution in [-0.2, 0) is 4.79 Å². The minimum absolute atomic E-state index is 0.320. The van der Waals surface area contributed by atoms with E-state index in [1.165, 1.54) is 11.8 Å². The van der Waals surface area contributed by atoms with Crippen molar-refractivity contribution in [2.24, 2.45) is 5.92 Å². The fourth-order valence-electron chi connectivity index (χ4n) is 0.809. The van der Waals surface area contributed by atoms with E-state index in [0.717, 1.165) is 10.7 Å². The van der Waals surface area contributed by atoms with Gasteiger partial charge in [-0.25, -0.2) is 0 Å². The summed E-state index contributed by atoms with van der Waals surface area (Å²) in [6.45, 7) is 3.57. The van der Waals surface area contributed by atoms with Gasteiger partial charge < -0.3 is 9.52 Å². The van der Waals surface area contributed by atoms with E-state index < -0.39 is 5.97 Å². The van der Waals surface area contributed by atoms with Gasteiger partial charge in [-0.05, 0) is 13.0 Å². The average molecular weight is 200 g/mol. The zero-order valence-electron chi connectivity index (χ0n) is 7.61. The zero-order chi connectivity index (χ0) is 9.84. The first kappa shape index (κ1) is 10.2. The second-order valence-corrected chi connectivity index (χ2v) is 3.95. The molecule has 0 saturated heterocycles. The molecule has 1 aromatic rings. The van der Waals surface area contributed by atoms with E-state index in [0.29, 0.717) is 5.75 Å². The van der Waals surface area contributed by atoms with Gasteiger partial charge >= 0.3 is 5.97 Å². The van der Waals surface area contributed by atoms with Crippen molar-refractivity contribution in [1.82, 2.24) is 0 Å². The van der Waals surface area contributed by atoms with Gasteiger partial charge in [-0.1, -0.05) is 6.92 Å². The Balaban J connectivity index is 2.44. The molecule has 4 heteroatoms. The molecule has 0 bridgehead atoms. The molecular weight excluding hydrogens is 188 g/mol. The van der Waals surface area contributed by atoms with Gasteiger partial charge in [0.1, 0.15) is 5.76 Å². The summed E-state index contributed by atoms with van der Waals surface area (Å²) in [5.41, 5.74) is 0. The van der Waals surface area contributed by atoms with Crippen LogP contribution in [0.1, 0.15) is 12.7 Å². The third-order valence-electron chi connectivity index (χ3n) is 1.72. The molecule has 1 atom stereocenters. The van der Waals surface area contributed by atoms with Crippen molar-refractivity contribution in [3.63, 3.8) is 0 Å². The maximum Gasteiger partial charge on any atom is 0.307 e.